The summed E-state index contributed by atoms with van der Waals surface area (Å²) in [6.45, 7) is 1.47. The SMILES string of the molecule is COc1ccc(-c2c(C)c(C(=O)O)nc(-c3ccc4c(n3)C(O)=C(N)C(=O)C4=O)c2N)c(O)c1OC. The van der Waals surface area contributed by atoms with Crippen LogP contribution in [-0.2, 0) is 4.79 Å². The molecule has 3 aromatic rings. The number of phenolic OH excluding ortho intramolecular Hbond substituents is 1. The number of ketones is 2. The normalized spacial score (nSPS) is 13.0. The molecule has 12 nitrogen and oxygen atoms in total. The van der Waals surface area contributed by atoms with E-state index in [0.29, 0.717) is 0 Å². The van der Waals surface area contributed by atoms with Crippen LogP contribution in [0.15, 0.2) is 30.0 Å². The Morgan fingerprint density at radius 1 is 0.917 bits per heavy atom. The molecule has 4 rings (SSSR count). The molecule has 1 aromatic carbocycles. The smallest absolute Gasteiger partial charge is 0.354 e. The average Bonchev–Trinajstić information content (AvgIpc) is 2.86. The molecule has 0 saturated carbocycles. The molecule has 0 aliphatic heterocycles. The standard InChI is InChI=1S/C24H20N4O8/c1-8-13(9-5-7-12(35-2)23(36-3)20(9)30)14(25)18(28-16(8)24(33)34)11-6-4-10-17(27-11)21(31)15(26)22(32)19(10)29/h4-7,30-31H,25-26H2,1-3H3,(H,33,34). The number of hydrogen-bond donors (Lipinski definition) is 5. The first-order valence-electron chi connectivity index (χ1n) is 10.3. The van der Waals surface area contributed by atoms with Crippen molar-refractivity contribution in [1.29, 1.82) is 0 Å². The van der Waals surface area contributed by atoms with Gasteiger partial charge in [-0.15, -0.1) is 0 Å². The van der Waals surface area contributed by atoms with Gasteiger partial charge in [0.25, 0.3) is 5.78 Å². The fourth-order valence-electron chi connectivity index (χ4n) is 3.99. The van der Waals surface area contributed by atoms with Crippen LogP contribution < -0.4 is 20.9 Å². The zero-order valence-electron chi connectivity index (χ0n) is 19.2. The number of aliphatic hydroxyl groups excluding tert-OH is 1. The molecule has 184 valence electrons. The Morgan fingerprint density at radius 3 is 2.19 bits per heavy atom. The number of aromatic hydroxyl groups is 1. The number of carbonyl (C=O) groups is 3. The second-order valence-corrected chi connectivity index (χ2v) is 7.74. The van der Waals surface area contributed by atoms with Gasteiger partial charge in [-0.1, -0.05) is 0 Å². The maximum Gasteiger partial charge on any atom is 0.354 e. The van der Waals surface area contributed by atoms with Gasteiger partial charge in [0, 0.05) is 11.1 Å². The summed E-state index contributed by atoms with van der Waals surface area (Å²) in [5.74, 6) is -4.20. The molecule has 0 unspecified atom stereocenters. The predicted octanol–water partition coefficient (Wildman–Crippen LogP) is 2.07. The number of nitrogens with two attached hydrogens (primary N) is 2. The third-order valence-electron chi connectivity index (χ3n) is 5.78. The molecule has 0 fully saturated rings. The number of carbonyl (C=O) groups excluding carboxylic acids is 2. The van der Waals surface area contributed by atoms with Gasteiger partial charge in [0.2, 0.25) is 11.5 Å². The van der Waals surface area contributed by atoms with E-state index in [0.717, 1.165) is 0 Å². The second kappa shape index (κ2) is 8.58. The van der Waals surface area contributed by atoms with Gasteiger partial charge < -0.3 is 36.3 Å². The van der Waals surface area contributed by atoms with Crippen molar-refractivity contribution in [3.8, 4) is 39.8 Å². The summed E-state index contributed by atoms with van der Waals surface area (Å²) in [5.41, 5.74) is 10.7. The summed E-state index contributed by atoms with van der Waals surface area (Å²) in [5, 5.41) is 31.0. The lowest BCUT2D eigenvalue weighted by Crippen LogP contribution is -2.29. The molecule has 0 amide bonds. The summed E-state index contributed by atoms with van der Waals surface area (Å²) in [4.78, 5) is 44.6. The summed E-state index contributed by atoms with van der Waals surface area (Å²) >= 11 is 0. The lowest BCUT2D eigenvalue weighted by atomic mass is 9.93. The van der Waals surface area contributed by atoms with E-state index in [1.54, 1.807) is 0 Å². The molecule has 7 N–H and O–H groups in total. The van der Waals surface area contributed by atoms with E-state index < -0.39 is 29.0 Å². The van der Waals surface area contributed by atoms with Gasteiger partial charge in [-0.2, -0.15) is 0 Å². The highest BCUT2D eigenvalue weighted by molar-refractivity contribution is 6.51. The number of nitrogen functional groups attached to an aromatic ring is 1. The Kier molecular flexibility index (Phi) is 5.72. The Balaban J connectivity index is 2.04. The number of phenols is 1. The highest BCUT2D eigenvalue weighted by atomic mass is 16.5. The largest absolute Gasteiger partial charge is 0.504 e. The minimum Gasteiger partial charge on any atom is -0.504 e. The monoisotopic (exact) mass is 492 g/mol. The van der Waals surface area contributed by atoms with Crippen molar-refractivity contribution in [3.05, 3.63) is 52.5 Å². The van der Waals surface area contributed by atoms with Gasteiger partial charge in [0.15, 0.2) is 23.0 Å². The summed E-state index contributed by atoms with van der Waals surface area (Å²) < 4.78 is 10.4. The van der Waals surface area contributed by atoms with Crippen LogP contribution in [0.1, 0.15) is 32.1 Å². The van der Waals surface area contributed by atoms with Gasteiger partial charge in [0.05, 0.1) is 31.2 Å². The number of fused-ring (bicyclic) bond motifs is 1. The number of allylic oxidation sites excluding steroid dienone is 1. The molecule has 1 aliphatic carbocycles. The average molecular weight is 492 g/mol. The van der Waals surface area contributed by atoms with Crippen molar-refractivity contribution in [3.63, 3.8) is 0 Å². The van der Waals surface area contributed by atoms with Crippen molar-refractivity contribution in [2.75, 3.05) is 20.0 Å². The Labute approximate surface area is 203 Å². The van der Waals surface area contributed by atoms with Crippen LogP contribution in [0.25, 0.3) is 28.3 Å². The number of aromatic carboxylic acids is 1. The van der Waals surface area contributed by atoms with Crippen LogP contribution in [0.5, 0.6) is 17.2 Å². The van der Waals surface area contributed by atoms with E-state index in [4.69, 9.17) is 20.9 Å². The van der Waals surface area contributed by atoms with E-state index >= 15 is 0 Å². The highest BCUT2D eigenvalue weighted by Gasteiger charge is 2.33. The lowest BCUT2D eigenvalue weighted by molar-refractivity contribution is -0.112. The number of Topliss-reactive ketones (excluding diaryl/α,β-unsaturated/α-hetero) is 2. The Bertz CT molecular complexity index is 1530. The van der Waals surface area contributed by atoms with Crippen LogP contribution in [0.3, 0.4) is 0 Å². The molecule has 0 radical (unpaired) electrons. The third-order valence-corrected chi connectivity index (χ3v) is 5.78. The number of nitrogens with zero attached hydrogens (tertiary/aromatic N) is 2. The van der Waals surface area contributed by atoms with Crippen molar-refractivity contribution >= 4 is 29.0 Å². The molecular formula is C24H20N4O8. The van der Waals surface area contributed by atoms with Crippen LogP contribution in [0, 0.1) is 6.92 Å². The number of aliphatic hydroxyl groups is 1. The molecule has 0 saturated heterocycles. The number of carboxylic acid groups (broad SMARTS) is 1. The molecule has 0 atom stereocenters. The first-order chi connectivity index (χ1) is 17.0. The van der Waals surface area contributed by atoms with Gasteiger partial charge >= 0.3 is 5.97 Å². The number of anilines is 1. The van der Waals surface area contributed by atoms with Crippen molar-refractivity contribution < 1.29 is 39.2 Å². The number of ether oxygens (including phenoxy) is 2. The zero-order chi connectivity index (χ0) is 26.5. The molecule has 0 bridgehead atoms. The fourth-order valence-corrected chi connectivity index (χ4v) is 3.99. The molecule has 2 heterocycles. The van der Waals surface area contributed by atoms with E-state index in [1.165, 1.54) is 45.4 Å². The number of benzene rings is 1. The fraction of sp³-hybridized carbons (Fsp3) is 0.125. The van der Waals surface area contributed by atoms with Crippen LogP contribution in [-0.4, -0.2) is 57.0 Å². The van der Waals surface area contributed by atoms with Gasteiger partial charge in [-0.05, 0) is 36.8 Å². The topological polar surface area (TPSA) is 208 Å². The number of carboxylic acids is 1. The van der Waals surface area contributed by atoms with E-state index in [-0.39, 0.29) is 68.0 Å². The molecule has 36 heavy (non-hydrogen) atoms. The van der Waals surface area contributed by atoms with E-state index in [1.807, 2.05) is 0 Å². The molecule has 1 aliphatic rings. The quantitative estimate of drug-likeness (QED) is 0.324. The minimum absolute atomic E-state index is 0.00431. The molecule has 2 aromatic heterocycles. The molecular weight excluding hydrogens is 472 g/mol. The third kappa shape index (κ3) is 3.43. The van der Waals surface area contributed by atoms with E-state index in [9.17, 15) is 29.7 Å². The van der Waals surface area contributed by atoms with Crippen molar-refractivity contribution in [2.45, 2.75) is 6.92 Å². The number of pyridine rings is 2. The second-order valence-electron chi connectivity index (χ2n) is 7.74. The number of methoxy groups -OCH3 is 2. The first-order valence-corrected chi connectivity index (χ1v) is 10.3. The van der Waals surface area contributed by atoms with Gasteiger partial charge in [0.1, 0.15) is 17.1 Å². The number of hydrogen-bond acceptors (Lipinski definition) is 11. The molecule has 12 heteroatoms. The maximum atomic E-state index is 12.3. The lowest BCUT2D eigenvalue weighted by Gasteiger charge is -2.19. The van der Waals surface area contributed by atoms with Gasteiger partial charge in [-0.25, -0.2) is 14.8 Å². The highest BCUT2D eigenvalue weighted by Crippen LogP contribution is 2.47. The first kappa shape index (κ1) is 24.0. The predicted molar refractivity (Wildman–Crippen MR) is 127 cm³/mol. The Hall–Kier alpha value is -5.13. The van der Waals surface area contributed by atoms with Crippen molar-refractivity contribution in [2.24, 2.45) is 5.73 Å². The van der Waals surface area contributed by atoms with Crippen LogP contribution in [0.2, 0.25) is 0 Å². The molecule has 0 spiro atoms. The van der Waals surface area contributed by atoms with E-state index in [2.05, 4.69) is 9.97 Å². The summed E-state index contributed by atoms with van der Waals surface area (Å²) in [7, 11) is 2.72. The number of aromatic nitrogens is 2. The summed E-state index contributed by atoms with van der Waals surface area (Å²) in [6.07, 6.45) is 0. The summed E-state index contributed by atoms with van der Waals surface area (Å²) in [6, 6.07) is 5.52. The number of rotatable bonds is 5. The van der Waals surface area contributed by atoms with Crippen molar-refractivity contribution in [1.82, 2.24) is 9.97 Å². The minimum atomic E-state index is -1.37. The zero-order valence-corrected chi connectivity index (χ0v) is 19.2. The Morgan fingerprint density at radius 2 is 1.58 bits per heavy atom. The van der Waals surface area contributed by atoms with Crippen LogP contribution in [0.4, 0.5) is 5.69 Å². The van der Waals surface area contributed by atoms with Crippen LogP contribution >= 0.6 is 0 Å². The van der Waals surface area contributed by atoms with Gasteiger partial charge in [-0.3, -0.25) is 9.59 Å². The maximum absolute atomic E-state index is 12.3.